The first-order chi connectivity index (χ1) is 17.5. The summed E-state index contributed by atoms with van der Waals surface area (Å²) in [6, 6.07) is 8.16. The van der Waals surface area contributed by atoms with Gasteiger partial charge in [0.25, 0.3) is 0 Å². The van der Waals surface area contributed by atoms with Crippen LogP contribution in [0, 0.1) is 0 Å². The number of carbonyl (C=O) groups is 2. The van der Waals surface area contributed by atoms with Crippen molar-refractivity contribution in [2.45, 2.75) is 58.9 Å². The van der Waals surface area contributed by atoms with Crippen LogP contribution in [-0.2, 0) is 27.5 Å². The fourth-order valence-corrected chi connectivity index (χ4v) is 5.98. The van der Waals surface area contributed by atoms with Gasteiger partial charge in [0.1, 0.15) is 5.75 Å². The van der Waals surface area contributed by atoms with Gasteiger partial charge in [-0.3, -0.25) is 0 Å². The largest absolute Gasteiger partial charge is 0.500 e. The average molecular weight is 526 g/mol. The van der Waals surface area contributed by atoms with Crippen molar-refractivity contribution in [3.63, 3.8) is 0 Å². The second-order valence-corrected chi connectivity index (χ2v) is 10.6. The quantitative estimate of drug-likeness (QED) is 0.110. The molecule has 1 aromatic rings. The van der Waals surface area contributed by atoms with Gasteiger partial charge in [-0.25, -0.2) is 9.59 Å². The van der Waals surface area contributed by atoms with Crippen LogP contribution in [-0.4, -0.2) is 67.6 Å². The molecule has 0 aliphatic heterocycles. The molecule has 0 aromatic heterocycles. The maximum absolute atomic E-state index is 11.9. The third kappa shape index (κ3) is 14.2. The van der Waals surface area contributed by atoms with Gasteiger partial charge in [0.15, 0.2) is 0 Å². The van der Waals surface area contributed by atoms with Crippen molar-refractivity contribution in [3.8, 4) is 5.75 Å². The van der Waals surface area contributed by atoms with E-state index in [0.29, 0.717) is 52.0 Å². The van der Waals surface area contributed by atoms with E-state index in [-0.39, 0.29) is 5.97 Å². The lowest BCUT2D eigenvalue weighted by atomic mass is 10.2. The summed E-state index contributed by atoms with van der Waals surface area (Å²) in [6.45, 7) is 8.90. The molecule has 0 saturated carbocycles. The Morgan fingerprint density at radius 1 is 0.861 bits per heavy atom. The van der Waals surface area contributed by atoms with E-state index >= 15 is 0 Å². The monoisotopic (exact) mass is 525 g/mol. The highest BCUT2D eigenvalue weighted by molar-refractivity contribution is 6.60. The van der Waals surface area contributed by atoms with Crippen LogP contribution in [0.2, 0.25) is 6.04 Å². The Morgan fingerprint density at radius 3 is 2.06 bits per heavy atom. The third-order valence-electron chi connectivity index (χ3n) is 5.06. The molecule has 36 heavy (non-hydrogen) atoms. The number of benzene rings is 1. The maximum Gasteiger partial charge on any atom is 0.500 e. The molecule has 0 heterocycles. The Balaban J connectivity index is 2.09. The molecule has 0 aliphatic carbocycles. The van der Waals surface area contributed by atoms with E-state index in [4.69, 9.17) is 22.8 Å². The fourth-order valence-electron chi connectivity index (χ4n) is 3.37. The summed E-state index contributed by atoms with van der Waals surface area (Å²) < 4.78 is 33.0. The Kier molecular flexibility index (Phi) is 17.3. The van der Waals surface area contributed by atoms with E-state index in [9.17, 15) is 9.59 Å². The number of hydrogen-bond donors (Lipinski definition) is 1. The van der Waals surface area contributed by atoms with Gasteiger partial charge in [0.05, 0.1) is 20.3 Å². The van der Waals surface area contributed by atoms with Gasteiger partial charge in [0.2, 0.25) is 0 Å². The van der Waals surface area contributed by atoms with Gasteiger partial charge in [-0.05, 0) is 76.6 Å². The number of amides is 1. The Morgan fingerprint density at radius 2 is 1.47 bits per heavy atom. The number of nitrogens with one attached hydrogen (secondary N) is 1. The molecule has 0 fully saturated rings. The molecular weight excluding hydrogens is 482 g/mol. The molecule has 1 aromatic carbocycles. The Hall–Kier alpha value is -2.40. The average Bonchev–Trinajstić information content (AvgIpc) is 2.88. The zero-order chi connectivity index (χ0) is 26.5. The van der Waals surface area contributed by atoms with Crippen LogP contribution in [0.1, 0.15) is 58.4 Å². The summed E-state index contributed by atoms with van der Waals surface area (Å²) in [4.78, 5) is 23.0. The Bertz CT molecular complexity index is 740. The summed E-state index contributed by atoms with van der Waals surface area (Å²) in [5, 5.41) is 2.78. The minimum atomic E-state index is -2.67. The molecule has 10 heteroatoms. The van der Waals surface area contributed by atoms with Crippen LogP contribution in [0.5, 0.6) is 5.75 Å². The number of alkyl carbamates (subject to hydrolysis) is 1. The van der Waals surface area contributed by atoms with E-state index < -0.39 is 14.9 Å². The first kappa shape index (κ1) is 31.6. The first-order valence-electron chi connectivity index (χ1n) is 12.8. The Labute approximate surface area is 216 Å². The van der Waals surface area contributed by atoms with Crippen LogP contribution in [0.3, 0.4) is 0 Å². The third-order valence-corrected chi connectivity index (χ3v) is 8.21. The molecule has 1 amide bonds. The molecular formula is C26H43NO8Si. The van der Waals surface area contributed by atoms with E-state index in [1.807, 2.05) is 45.0 Å². The highest BCUT2D eigenvalue weighted by atomic mass is 28.4. The van der Waals surface area contributed by atoms with Crippen molar-refractivity contribution < 1.29 is 37.1 Å². The van der Waals surface area contributed by atoms with E-state index in [0.717, 1.165) is 37.0 Å². The zero-order valence-corrected chi connectivity index (χ0v) is 23.2. The van der Waals surface area contributed by atoms with Gasteiger partial charge in [-0.15, -0.1) is 0 Å². The van der Waals surface area contributed by atoms with Gasteiger partial charge < -0.3 is 32.8 Å². The van der Waals surface area contributed by atoms with Gasteiger partial charge in [-0.1, -0.05) is 12.1 Å². The molecule has 0 saturated heterocycles. The number of esters is 1. The number of ether oxygens (including phenoxy) is 3. The molecule has 0 aliphatic rings. The van der Waals surface area contributed by atoms with Gasteiger partial charge >= 0.3 is 20.9 Å². The number of rotatable bonds is 20. The standard InChI is InChI=1S/C26H43NO8Si/c1-5-33-36(34-6-2,35-7-3)22-12-19-27-26(29)32-21-11-9-8-10-20-31-24-16-13-23(14-17-24)15-18-25(28)30-4/h13-18H,5-12,19-22H2,1-4H3,(H,27,29)/b18-15+. The summed E-state index contributed by atoms with van der Waals surface area (Å²) in [7, 11) is -1.32. The van der Waals surface area contributed by atoms with E-state index in [1.54, 1.807) is 6.08 Å². The highest BCUT2D eigenvalue weighted by Gasteiger charge is 2.39. The van der Waals surface area contributed by atoms with E-state index in [1.165, 1.54) is 13.2 Å². The van der Waals surface area contributed by atoms with E-state index in [2.05, 4.69) is 10.1 Å². The van der Waals surface area contributed by atoms with Gasteiger partial charge in [0, 0.05) is 38.5 Å². The lowest BCUT2D eigenvalue weighted by Gasteiger charge is -2.28. The normalized spacial score (nSPS) is 11.4. The highest BCUT2D eigenvalue weighted by Crippen LogP contribution is 2.18. The molecule has 1 rings (SSSR count). The topological polar surface area (TPSA) is 102 Å². The number of unbranched alkanes of at least 4 members (excludes halogenated alkanes) is 3. The maximum atomic E-state index is 11.9. The van der Waals surface area contributed by atoms with Crippen molar-refractivity contribution in [2.24, 2.45) is 0 Å². The summed E-state index contributed by atoms with van der Waals surface area (Å²) >= 11 is 0. The molecule has 0 bridgehead atoms. The molecule has 1 N–H and O–H groups in total. The minimum Gasteiger partial charge on any atom is -0.494 e. The summed E-state index contributed by atoms with van der Waals surface area (Å²) in [5.41, 5.74) is 0.897. The predicted octanol–water partition coefficient (Wildman–Crippen LogP) is 4.98. The smallest absolute Gasteiger partial charge is 0.494 e. The molecule has 9 nitrogen and oxygen atoms in total. The SMILES string of the molecule is CCO[Si](CCCNC(=O)OCCCCCCOc1ccc(/C=C/C(=O)OC)cc1)(OCC)OCC. The predicted molar refractivity (Wildman–Crippen MR) is 141 cm³/mol. The summed E-state index contributed by atoms with van der Waals surface area (Å²) in [6.07, 6.45) is 7.05. The van der Waals surface area contributed by atoms with Crippen LogP contribution in [0.25, 0.3) is 6.08 Å². The van der Waals surface area contributed by atoms with Crippen molar-refractivity contribution in [2.75, 3.05) is 46.7 Å². The number of carbonyl (C=O) groups excluding carboxylic acids is 2. The second-order valence-electron chi connectivity index (χ2n) is 7.84. The molecule has 204 valence electrons. The van der Waals surface area contributed by atoms with Crippen molar-refractivity contribution in [3.05, 3.63) is 35.9 Å². The fraction of sp³-hybridized carbons (Fsp3) is 0.615. The van der Waals surface area contributed by atoms with Gasteiger partial charge in [-0.2, -0.15) is 0 Å². The zero-order valence-electron chi connectivity index (χ0n) is 22.2. The molecule has 0 unspecified atom stereocenters. The van der Waals surface area contributed by atoms with Crippen molar-refractivity contribution >= 4 is 26.9 Å². The van der Waals surface area contributed by atoms with Crippen LogP contribution in [0.4, 0.5) is 4.79 Å². The van der Waals surface area contributed by atoms with Crippen molar-refractivity contribution in [1.29, 1.82) is 0 Å². The van der Waals surface area contributed by atoms with Crippen LogP contribution >= 0.6 is 0 Å². The molecule has 0 spiro atoms. The lowest BCUT2D eigenvalue weighted by molar-refractivity contribution is -0.134. The minimum absolute atomic E-state index is 0.386. The number of methoxy groups -OCH3 is 1. The van der Waals surface area contributed by atoms with Crippen LogP contribution < -0.4 is 10.1 Å². The van der Waals surface area contributed by atoms with Crippen LogP contribution in [0.15, 0.2) is 30.3 Å². The summed E-state index contributed by atoms with van der Waals surface area (Å²) in [5.74, 6) is 0.400. The first-order valence-corrected chi connectivity index (χ1v) is 14.7. The molecule has 0 radical (unpaired) electrons. The second kappa shape index (κ2) is 19.7. The lowest BCUT2D eigenvalue weighted by Crippen LogP contribution is -2.46. The van der Waals surface area contributed by atoms with Crippen molar-refractivity contribution in [1.82, 2.24) is 5.32 Å². The number of hydrogen-bond acceptors (Lipinski definition) is 8. The molecule has 0 atom stereocenters.